The van der Waals surface area contributed by atoms with E-state index in [4.69, 9.17) is 37.0 Å². The lowest BCUT2D eigenvalue weighted by atomic mass is 10.0. The number of unbranched alkanes of at least 4 members (excludes halogenated alkanes) is 36. The van der Waals surface area contributed by atoms with Crippen LogP contribution in [0.3, 0.4) is 0 Å². The predicted octanol–water partition coefficient (Wildman–Crippen LogP) is 16.8. The number of hydrogen-bond donors (Lipinski definition) is 3. The van der Waals surface area contributed by atoms with E-state index in [1.807, 2.05) is 0 Å². The van der Waals surface area contributed by atoms with E-state index in [9.17, 15) is 43.2 Å². The summed E-state index contributed by atoms with van der Waals surface area (Å²) < 4.78 is 67.4. The van der Waals surface area contributed by atoms with Crippen LogP contribution in [0.15, 0.2) is 0 Å². The number of ether oxygens (including phenoxy) is 4. The van der Waals surface area contributed by atoms with Gasteiger partial charge in [-0.05, 0) is 25.7 Å². The Hall–Kier alpha value is -1.94. The molecule has 0 fully saturated rings. The first-order chi connectivity index (χ1) is 38.7. The van der Waals surface area contributed by atoms with Gasteiger partial charge in [-0.2, -0.15) is 0 Å². The normalized spacial score (nSPS) is 14.2. The maximum Gasteiger partial charge on any atom is 0.472 e. The van der Waals surface area contributed by atoms with E-state index < -0.39 is 97.5 Å². The highest BCUT2D eigenvalue weighted by Gasteiger charge is 2.30. The van der Waals surface area contributed by atoms with Gasteiger partial charge in [0.2, 0.25) is 0 Å². The second-order valence-electron chi connectivity index (χ2n) is 22.1. The molecule has 5 atom stereocenters. The quantitative estimate of drug-likeness (QED) is 0.0222. The summed E-state index contributed by atoms with van der Waals surface area (Å²) in [6, 6.07) is 0. The molecule has 474 valence electrons. The fourth-order valence-corrected chi connectivity index (χ4v) is 10.7. The molecule has 0 rings (SSSR count). The van der Waals surface area contributed by atoms with Crippen molar-refractivity contribution in [3.05, 3.63) is 0 Å². The van der Waals surface area contributed by atoms with Gasteiger partial charge in [-0.15, -0.1) is 0 Å². The van der Waals surface area contributed by atoms with Crippen LogP contribution in [0.1, 0.15) is 310 Å². The maximum atomic E-state index is 12.9. The molecule has 19 heteroatoms. The first kappa shape index (κ1) is 78.1. The van der Waals surface area contributed by atoms with Crippen LogP contribution in [0.5, 0.6) is 0 Å². The van der Waals surface area contributed by atoms with Crippen molar-refractivity contribution >= 4 is 39.5 Å². The molecule has 0 aliphatic carbocycles. The standard InChI is InChI=1S/C61H118O17P2/c1-5-9-13-17-19-21-22-23-24-25-26-27-28-29-30-31-32-34-36-40-44-48-61(66)78-57(52-72-59(64)46-42-39-35-33-20-18-14-10-6-2)54-76-80(69,70)74-50-55(62)49-73-79(67,68)75-53-56(77-60(65)47-43-38-16-12-8-4)51-71-58(63)45-41-37-15-11-7-3/h55-57,62H,5-54H2,1-4H3,(H,67,68)(H,69,70)/t55-,56+,57+/m0/s1. The minimum atomic E-state index is -4.93. The molecule has 0 radical (unpaired) electrons. The average Bonchev–Trinajstić information content (AvgIpc) is 3.43. The lowest BCUT2D eigenvalue weighted by Crippen LogP contribution is -2.30. The Labute approximate surface area is 486 Å². The maximum absolute atomic E-state index is 12.9. The molecule has 0 aliphatic heterocycles. The number of carbonyl (C=O) groups excluding carboxylic acids is 4. The van der Waals surface area contributed by atoms with Crippen LogP contribution >= 0.6 is 15.6 Å². The number of phosphoric acid groups is 2. The molecule has 2 unspecified atom stereocenters. The molecule has 0 saturated heterocycles. The zero-order valence-electron chi connectivity index (χ0n) is 51.0. The smallest absolute Gasteiger partial charge is 0.462 e. The molecular formula is C61H118O17P2. The SMILES string of the molecule is CCCCCCCCCCCCCCCCCCCCCCCC(=O)O[C@H](COC(=O)CCCCCCCCCCC)COP(=O)(O)OC[C@@H](O)COP(=O)(O)OC[C@@H](COC(=O)CCCCCCC)OC(=O)CCCCCCC. The van der Waals surface area contributed by atoms with E-state index in [0.29, 0.717) is 25.7 Å². The van der Waals surface area contributed by atoms with E-state index in [0.717, 1.165) is 96.3 Å². The topological polar surface area (TPSA) is 237 Å². The molecule has 0 spiro atoms. The van der Waals surface area contributed by atoms with E-state index in [1.165, 1.54) is 135 Å². The van der Waals surface area contributed by atoms with E-state index >= 15 is 0 Å². The van der Waals surface area contributed by atoms with Crippen molar-refractivity contribution in [2.45, 2.75) is 329 Å². The van der Waals surface area contributed by atoms with Crippen LogP contribution in [0.4, 0.5) is 0 Å². The van der Waals surface area contributed by atoms with Crippen molar-refractivity contribution in [3.63, 3.8) is 0 Å². The molecular weight excluding hydrogens is 1070 g/mol. The molecule has 0 aromatic heterocycles. The lowest BCUT2D eigenvalue weighted by molar-refractivity contribution is -0.161. The summed E-state index contributed by atoms with van der Waals surface area (Å²) in [5.74, 6) is -2.16. The van der Waals surface area contributed by atoms with Crippen molar-refractivity contribution in [2.75, 3.05) is 39.6 Å². The Balaban J connectivity index is 4.98. The molecule has 3 N–H and O–H groups in total. The van der Waals surface area contributed by atoms with Crippen LogP contribution < -0.4 is 0 Å². The Morgan fingerprint density at radius 3 is 0.738 bits per heavy atom. The number of carbonyl (C=O) groups is 4. The van der Waals surface area contributed by atoms with Crippen molar-refractivity contribution in [1.29, 1.82) is 0 Å². The highest BCUT2D eigenvalue weighted by atomic mass is 31.2. The number of phosphoric ester groups is 2. The molecule has 0 bridgehead atoms. The minimum Gasteiger partial charge on any atom is -0.462 e. The lowest BCUT2D eigenvalue weighted by Gasteiger charge is -2.21. The summed E-state index contributed by atoms with van der Waals surface area (Å²) in [5, 5.41) is 10.5. The zero-order valence-corrected chi connectivity index (χ0v) is 52.8. The first-order valence-electron chi connectivity index (χ1n) is 32.3. The van der Waals surface area contributed by atoms with Crippen molar-refractivity contribution in [1.82, 2.24) is 0 Å². The van der Waals surface area contributed by atoms with Gasteiger partial charge in [0.05, 0.1) is 26.4 Å². The van der Waals surface area contributed by atoms with Gasteiger partial charge in [0.15, 0.2) is 12.2 Å². The summed E-state index contributed by atoms with van der Waals surface area (Å²) in [6.45, 7) is 4.67. The number of aliphatic hydroxyl groups is 1. The molecule has 0 aliphatic rings. The summed E-state index contributed by atoms with van der Waals surface area (Å²) >= 11 is 0. The van der Waals surface area contributed by atoms with Gasteiger partial charge in [-0.25, -0.2) is 9.13 Å². The predicted molar refractivity (Wildman–Crippen MR) is 317 cm³/mol. The first-order valence-corrected chi connectivity index (χ1v) is 35.3. The molecule has 0 aromatic carbocycles. The molecule has 80 heavy (non-hydrogen) atoms. The van der Waals surface area contributed by atoms with Gasteiger partial charge >= 0.3 is 39.5 Å². The fraction of sp³-hybridized carbons (Fsp3) is 0.934. The Bertz CT molecular complexity index is 1550. The number of hydrogen-bond acceptors (Lipinski definition) is 15. The Kier molecular flexibility index (Phi) is 54.8. The zero-order chi connectivity index (χ0) is 59.1. The largest absolute Gasteiger partial charge is 0.472 e. The average molecular weight is 1190 g/mol. The summed E-state index contributed by atoms with van der Waals surface area (Å²) in [5.41, 5.74) is 0. The number of rotatable bonds is 62. The fourth-order valence-electron chi connectivity index (χ4n) is 9.10. The van der Waals surface area contributed by atoms with Gasteiger partial charge in [0.1, 0.15) is 19.3 Å². The Morgan fingerprint density at radius 2 is 0.500 bits per heavy atom. The molecule has 0 heterocycles. The van der Waals surface area contributed by atoms with E-state index in [1.54, 1.807) is 0 Å². The number of esters is 4. The molecule has 0 saturated carbocycles. The van der Waals surface area contributed by atoms with Gasteiger partial charge in [-0.3, -0.25) is 37.3 Å². The monoisotopic (exact) mass is 1180 g/mol. The van der Waals surface area contributed by atoms with Crippen molar-refractivity contribution in [2.24, 2.45) is 0 Å². The van der Waals surface area contributed by atoms with Gasteiger partial charge < -0.3 is 33.8 Å². The highest BCUT2D eigenvalue weighted by Crippen LogP contribution is 2.45. The van der Waals surface area contributed by atoms with Crippen LogP contribution in [0, 0.1) is 0 Å². The Morgan fingerprint density at radius 1 is 0.300 bits per heavy atom. The minimum absolute atomic E-state index is 0.0991. The summed E-state index contributed by atoms with van der Waals surface area (Å²) in [4.78, 5) is 71.4. The molecule has 0 aromatic rings. The van der Waals surface area contributed by atoms with Gasteiger partial charge in [0, 0.05) is 25.7 Å². The van der Waals surface area contributed by atoms with Crippen molar-refractivity contribution in [3.8, 4) is 0 Å². The highest BCUT2D eigenvalue weighted by molar-refractivity contribution is 7.47. The van der Waals surface area contributed by atoms with Crippen molar-refractivity contribution < 1.29 is 80.2 Å². The van der Waals surface area contributed by atoms with Gasteiger partial charge in [-0.1, -0.05) is 259 Å². The second-order valence-corrected chi connectivity index (χ2v) is 25.0. The van der Waals surface area contributed by atoms with Crippen LogP contribution in [0.2, 0.25) is 0 Å². The number of aliphatic hydroxyl groups excluding tert-OH is 1. The second kappa shape index (κ2) is 56.2. The summed E-state index contributed by atoms with van der Waals surface area (Å²) in [7, 11) is -9.86. The molecule has 17 nitrogen and oxygen atoms in total. The van der Waals surface area contributed by atoms with Crippen LogP contribution in [-0.2, 0) is 65.4 Å². The third-order valence-electron chi connectivity index (χ3n) is 14.1. The third-order valence-corrected chi connectivity index (χ3v) is 16.0. The summed E-state index contributed by atoms with van der Waals surface area (Å²) in [6.07, 6.45) is 41.4. The van der Waals surface area contributed by atoms with E-state index in [2.05, 4.69) is 27.7 Å². The van der Waals surface area contributed by atoms with Crippen LogP contribution in [-0.4, -0.2) is 96.7 Å². The van der Waals surface area contributed by atoms with E-state index in [-0.39, 0.29) is 25.7 Å². The molecule has 0 amide bonds. The third kappa shape index (κ3) is 55.3. The van der Waals surface area contributed by atoms with Crippen LogP contribution in [0.25, 0.3) is 0 Å². The van der Waals surface area contributed by atoms with Gasteiger partial charge in [0.25, 0.3) is 0 Å².